The lowest BCUT2D eigenvalue weighted by molar-refractivity contribution is -0.141. The van der Waals surface area contributed by atoms with Gasteiger partial charge in [0.2, 0.25) is 11.8 Å². The summed E-state index contributed by atoms with van der Waals surface area (Å²) < 4.78 is 13.9. The maximum Gasteiger partial charge on any atom is 0.233 e. The van der Waals surface area contributed by atoms with Crippen molar-refractivity contribution in [2.75, 3.05) is 5.73 Å². The summed E-state index contributed by atoms with van der Waals surface area (Å²) in [5.41, 5.74) is 5.84. The summed E-state index contributed by atoms with van der Waals surface area (Å²) in [6.07, 6.45) is 1.51. The van der Waals surface area contributed by atoms with Crippen molar-refractivity contribution in [1.82, 2.24) is 4.90 Å². The van der Waals surface area contributed by atoms with Crippen molar-refractivity contribution in [2.24, 2.45) is 17.8 Å². The Morgan fingerprint density at radius 3 is 2.45 bits per heavy atom. The molecule has 5 heteroatoms. The summed E-state index contributed by atoms with van der Waals surface area (Å²) in [6.45, 7) is 2.04. The van der Waals surface area contributed by atoms with E-state index < -0.39 is 5.82 Å². The fourth-order valence-electron chi connectivity index (χ4n) is 3.39. The van der Waals surface area contributed by atoms with Crippen molar-refractivity contribution < 1.29 is 14.0 Å². The molecule has 1 saturated heterocycles. The minimum atomic E-state index is -0.543. The van der Waals surface area contributed by atoms with Crippen LogP contribution in [0.15, 0.2) is 18.2 Å². The van der Waals surface area contributed by atoms with E-state index in [9.17, 15) is 14.0 Å². The summed E-state index contributed by atoms with van der Waals surface area (Å²) in [7, 11) is 0. The van der Waals surface area contributed by atoms with E-state index in [1.807, 2.05) is 0 Å². The highest BCUT2D eigenvalue weighted by Crippen LogP contribution is 2.43. The van der Waals surface area contributed by atoms with Gasteiger partial charge in [0.05, 0.1) is 24.1 Å². The molecule has 2 aliphatic rings. The van der Waals surface area contributed by atoms with Crippen molar-refractivity contribution in [1.29, 1.82) is 0 Å². The zero-order valence-electron chi connectivity index (χ0n) is 11.3. The Morgan fingerprint density at radius 1 is 1.25 bits per heavy atom. The maximum absolute atomic E-state index is 13.9. The van der Waals surface area contributed by atoms with Crippen molar-refractivity contribution >= 4 is 17.5 Å². The number of nitrogen functional groups attached to an aromatic ring is 1. The monoisotopic (exact) mass is 276 g/mol. The minimum absolute atomic E-state index is 0.0179. The van der Waals surface area contributed by atoms with Gasteiger partial charge in [-0.25, -0.2) is 4.39 Å². The third kappa shape index (κ3) is 1.88. The van der Waals surface area contributed by atoms with Gasteiger partial charge in [-0.05, 0) is 24.8 Å². The summed E-state index contributed by atoms with van der Waals surface area (Å²) in [6, 6.07) is 4.65. The van der Waals surface area contributed by atoms with Crippen LogP contribution in [0.4, 0.5) is 10.1 Å². The molecule has 0 aromatic heterocycles. The molecular formula is C15H17FN2O2. The zero-order valence-corrected chi connectivity index (χ0v) is 11.3. The molecule has 2 atom stereocenters. The van der Waals surface area contributed by atoms with Crippen molar-refractivity contribution in [3.05, 3.63) is 29.6 Å². The van der Waals surface area contributed by atoms with Crippen molar-refractivity contribution in [3.8, 4) is 0 Å². The average molecular weight is 276 g/mol. The topological polar surface area (TPSA) is 63.4 Å². The third-order valence-electron chi connectivity index (χ3n) is 4.40. The zero-order chi connectivity index (χ0) is 14.4. The molecule has 2 unspecified atom stereocenters. The van der Waals surface area contributed by atoms with E-state index in [-0.39, 0.29) is 35.9 Å². The molecule has 1 aliphatic heterocycles. The van der Waals surface area contributed by atoms with Gasteiger partial charge < -0.3 is 5.73 Å². The molecule has 3 rings (SSSR count). The molecule has 2 fully saturated rings. The maximum atomic E-state index is 13.9. The van der Waals surface area contributed by atoms with E-state index in [2.05, 4.69) is 6.92 Å². The Kier molecular flexibility index (Phi) is 3.00. The second kappa shape index (κ2) is 4.58. The number of imide groups is 1. The summed E-state index contributed by atoms with van der Waals surface area (Å²) in [5, 5.41) is 0. The molecule has 1 aromatic rings. The molecule has 1 aliphatic carbocycles. The minimum Gasteiger partial charge on any atom is -0.396 e. The van der Waals surface area contributed by atoms with Gasteiger partial charge in [0.25, 0.3) is 0 Å². The van der Waals surface area contributed by atoms with Crippen LogP contribution in [0.3, 0.4) is 0 Å². The number of rotatable bonds is 2. The summed E-state index contributed by atoms with van der Waals surface area (Å²) >= 11 is 0. The highest BCUT2D eigenvalue weighted by molar-refractivity contribution is 6.05. The van der Waals surface area contributed by atoms with E-state index >= 15 is 0 Å². The number of carbonyl (C=O) groups excluding carboxylic acids is 2. The molecule has 1 heterocycles. The quantitative estimate of drug-likeness (QED) is 0.663. The van der Waals surface area contributed by atoms with Gasteiger partial charge in [-0.3, -0.25) is 14.5 Å². The first-order valence-corrected chi connectivity index (χ1v) is 6.87. The van der Waals surface area contributed by atoms with Crippen LogP contribution in [0.25, 0.3) is 0 Å². The number of hydrogen-bond donors (Lipinski definition) is 1. The predicted molar refractivity (Wildman–Crippen MR) is 71.7 cm³/mol. The Morgan fingerprint density at radius 2 is 1.85 bits per heavy atom. The van der Waals surface area contributed by atoms with Crippen LogP contribution in [0.2, 0.25) is 0 Å². The number of hydrogen-bond acceptors (Lipinski definition) is 3. The number of nitrogens with zero attached hydrogens (tertiary/aromatic N) is 1. The van der Waals surface area contributed by atoms with E-state index in [1.165, 1.54) is 11.0 Å². The molecule has 0 bridgehead atoms. The fourth-order valence-corrected chi connectivity index (χ4v) is 3.39. The Hall–Kier alpha value is -1.91. The van der Waals surface area contributed by atoms with E-state index in [0.717, 1.165) is 12.8 Å². The normalized spacial score (nSPS) is 29.1. The number of nitrogens with two attached hydrogens (primary N) is 1. The van der Waals surface area contributed by atoms with E-state index in [4.69, 9.17) is 5.73 Å². The van der Waals surface area contributed by atoms with Crippen LogP contribution in [0.1, 0.15) is 25.3 Å². The van der Waals surface area contributed by atoms with Crippen LogP contribution in [0, 0.1) is 23.6 Å². The number of fused-ring (bicyclic) bond motifs is 1. The SMILES string of the molecule is CC1CC2C(=O)N(Cc3cccc(N)c3F)C(=O)C2C1. The van der Waals surface area contributed by atoms with Crippen molar-refractivity contribution in [2.45, 2.75) is 26.3 Å². The highest BCUT2D eigenvalue weighted by atomic mass is 19.1. The number of benzene rings is 1. The second-order valence-corrected chi connectivity index (χ2v) is 5.87. The Bertz CT molecular complexity index is 563. The lowest BCUT2D eigenvalue weighted by Gasteiger charge is -2.17. The summed E-state index contributed by atoms with van der Waals surface area (Å²) in [5.74, 6) is -0.872. The Balaban J connectivity index is 1.84. The molecule has 20 heavy (non-hydrogen) atoms. The Labute approximate surface area is 116 Å². The molecule has 0 spiro atoms. The fraction of sp³-hybridized carbons (Fsp3) is 0.467. The number of likely N-dealkylation sites (tertiary alicyclic amines) is 1. The number of carbonyl (C=O) groups is 2. The summed E-state index contributed by atoms with van der Waals surface area (Å²) in [4.78, 5) is 25.8. The molecular weight excluding hydrogens is 259 g/mol. The van der Waals surface area contributed by atoms with Crippen LogP contribution in [0.5, 0.6) is 0 Å². The molecule has 1 saturated carbocycles. The van der Waals surface area contributed by atoms with Crippen molar-refractivity contribution in [3.63, 3.8) is 0 Å². The van der Waals surface area contributed by atoms with Gasteiger partial charge in [0, 0.05) is 5.56 Å². The first-order chi connectivity index (χ1) is 9.49. The predicted octanol–water partition coefficient (Wildman–Crippen LogP) is 1.94. The first kappa shape index (κ1) is 13.1. The second-order valence-electron chi connectivity index (χ2n) is 5.87. The highest BCUT2D eigenvalue weighted by Gasteiger charge is 2.51. The largest absolute Gasteiger partial charge is 0.396 e. The molecule has 0 radical (unpaired) electrons. The molecule has 2 amide bonds. The molecule has 2 N–H and O–H groups in total. The molecule has 106 valence electrons. The molecule has 1 aromatic carbocycles. The number of halogens is 1. The lowest BCUT2D eigenvalue weighted by Crippen LogP contribution is -2.32. The van der Waals surface area contributed by atoms with Gasteiger partial charge in [-0.1, -0.05) is 19.1 Å². The van der Waals surface area contributed by atoms with Crippen LogP contribution in [-0.2, 0) is 16.1 Å². The molecule has 4 nitrogen and oxygen atoms in total. The van der Waals surface area contributed by atoms with Gasteiger partial charge in [0.15, 0.2) is 5.82 Å². The van der Waals surface area contributed by atoms with Gasteiger partial charge in [-0.2, -0.15) is 0 Å². The van der Waals surface area contributed by atoms with E-state index in [1.54, 1.807) is 12.1 Å². The number of amides is 2. The van der Waals surface area contributed by atoms with E-state index in [0.29, 0.717) is 11.5 Å². The smallest absolute Gasteiger partial charge is 0.233 e. The first-order valence-electron chi connectivity index (χ1n) is 6.87. The third-order valence-corrected chi connectivity index (χ3v) is 4.40. The van der Waals surface area contributed by atoms with Crippen LogP contribution >= 0.6 is 0 Å². The lowest BCUT2D eigenvalue weighted by atomic mass is 10.00. The van der Waals surface area contributed by atoms with Crippen LogP contribution in [-0.4, -0.2) is 16.7 Å². The average Bonchev–Trinajstić information content (AvgIpc) is 2.89. The van der Waals surface area contributed by atoms with Gasteiger partial charge >= 0.3 is 0 Å². The van der Waals surface area contributed by atoms with Gasteiger partial charge in [0.1, 0.15) is 0 Å². The van der Waals surface area contributed by atoms with Crippen LogP contribution < -0.4 is 5.73 Å². The number of anilines is 1. The standard InChI is InChI=1S/C15H17FN2O2/c1-8-5-10-11(6-8)15(20)18(14(10)19)7-9-3-2-4-12(17)13(9)16/h2-4,8,10-11H,5-7,17H2,1H3. The van der Waals surface area contributed by atoms with Gasteiger partial charge in [-0.15, -0.1) is 0 Å².